The van der Waals surface area contributed by atoms with Crippen molar-refractivity contribution in [1.29, 1.82) is 0 Å². The van der Waals surface area contributed by atoms with Crippen LogP contribution in [0.4, 0.5) is 11.4 Å². The molecule has 6 nitrogen and oxygen atoms in total. The second-order valence-corrected chi connectivity index (χ2v) is 6.15. The Kier molecular flexibility index (Phi) is 3.74. The maximum absolute atomic E-state index is 11.5. The molecule has 1 heterocycles. The van der Waals surface area contributed by atoms with Gasteiger partial charge >= 0.3 is 0 Å². The van der Waals surface area contributed by atoms with Crippen molar-refractivity contribution in [2.45, 2.75) is 24.8 Å². The average molecular weight is 295 g/mol. The lowest BCUT2D eigenvalue weighted by molar-refractivity contribution is 0.490. The molecule has 108 valence electrons. The van der Waals surface area contributed by atoms with Gasteiger partial charge in [0.05, 0.1) is 17.2 Å². The molecule has 0 aliphatic heterocycles. The van der Waals surface area contributed by atoms with Crippen LogP contribution >= 0.6 is 0 Å². The minimum Gasteiger partial charge on any atom is -0.467 e. The van der Waals surface area contributed by atoms with Crippen molar-refractivity contribution in [2.24, 2.45) is 5.14 Å². The minimum absolute atomic E-state index is 0.0200. The summed E-state index contributed by atoms with van der Waals surface area (Å²) < 4.78 is 28.4. The molecule has 2 rings (SSSR count). The highest BCUT2D eigenvalue weighted by Crippen LogP contribution is 2.29. The second-order valence-electron chi connectivity index (χ2n) is 4.62. The maximum atomic E-state index is 11.5. The highest BCUT2D eigenvalue weighted by Gasteiger charge is 2.17. The molecule has 0 aliphatic rings. The van der Waals surface area contributed by atoms with Gasteiger partial charge in [0.1, 0.15) is 5.76 Å². The maximum Gasteiger partial charge on any atom is 0.238 e. The van der Waals surface area contributed by atoms with Crippen molar-refractivity contribution >= 4 is 21.4 Å². The molecule has 5 N–H and O–H groups in total. The van der Waals surface area contributed by atoms with Gasteiger partial charge in [0.15, 0.2) is 0 Å². The Hall–Kier alpha value is -1.99. The predicted molar refractivity (Wildman–Crippen MR) is 77.7 cm³/mol. The number of primary sulfonamides is 1. The van der Waals surface area contributed by atoms with E-state index >= 15 is 0 Å². The van der Waals surface area contributed by atoms with E-state index in [-0.39, 0.29) is 10.9 Å². The number of rotatable bonds is 4. The highest BCUT2D eigenvalue weighted by atomic mass is 32.2. The Labute approximate surface area is 117 Å². The first-order chi connectivity index (χ1) is 9.29. The smallest absolute Gasteiger partial charge is 0.238 e. The summed E-state index contributed by atoms with van der Waals surface area (Å²) in [6.45, 7) is 3.58. The van der Waals surface area contributed by atoms with Crippen LogP contribution in [-0.2, 0) is 10.0 Å². The van der Waals surface area contributed by atoms with Crippen molar-refractivity contribution in [1.82, 2.24) is 0 Å². The summed E-state index contributed by atoms with van der Waals surface area (Å²) in [7, 11) is -3.81. The fourth-order valence-corrected chi connectivity index (χ4v) is 2.83. The number of sulfonamides is 1. The van der Waals surface area contributed by atoms with Gasteiger partial charge in [-0.15, -0.1) is 0 Å². The summed E-state index contributed by atoms with van der Waals surface area (Å²) in [6, 6.07) is 6.52. The molecule has 0 bridgehead atoms. The van der Waals surface area contributed by atoms with Crippen molar-refractivity contribution < 1.29 is 12.8 Å². The number of nitrogen functional groups attached to an aromatic ring is 1. The summed E-state index contributed by atoms with van der Waals surface area (Å²) in [5.74, 6) is 0.740. The van der Waals surface area contributed by atoms with Crippen molar-refractivity contribution in [3.63, 3.8) is 0 Å². The molecule has 0 spiro atoms. The molecule has 0 amide bonds. The SMILES string of the molecule is Cc1c(NC(C)c2ccco2)cc(N)cc1S(N)(=O)=O. The van der Waals surface area contributed by atoms with E-state index < -0.39 is 10.0 Å². The standard InChI is InChI=1S/C13H17N3O3S/c1-8-11(16-9(2)12-4-3-5-19-12)6-10(14)7-13(8)20(15,17)18/h3-7,9,16H,14H2,1-2H3,(H2,15,17,18). The third-order valence-electron chi connectivity index (χ3n) is 3.03. The van der Waals surface area contributed by atoms with Crippen LogP contribution in [0.1, 0.15) is 24.3 Å². The van der Waals surface area contributed by atoms with Gasteiger partial charge in [-0.2, -0.15) is 0 Å². The molecular formula is C13H17N3O3S. The first kappa shape index (κ1) is 14.4. The number of furan rings is 1. The molecule has 1 aromatic carbocycles. The third-order valence-corrected chi connectivity index (χ3v) is 4.07. The molecule has 1 unspecified atom stereocenters. The third kappa shape index (κ3) is 2.94. The van der Waals surface area contributed by atoms with Crippen molar-refractivity contribution in [3.05, 3.63) is 41.9 Å². The van der Waals surface area contributed by atoms with E-state index in [0.29, 0.717) is 16.9 Å². The van der Waals surface area contributed by atoms with E-state index in [4.69, 9.17) is 15.3 Å². The fourth-order valence-electron chi connectivity index (χ4n) is 2.00. The fraction of sp³-hybridized carbons (Fsp3) is 0.231. The monoisotopic (exact) mass is 295 g/mol. The average Bonchev–Trinajstić information content (AvgIpc) is 2.85. The zero-order chi connectivity index (χ0) is 14.9. The normalized spacial score (nSPS) is 13.2. The quantitative estimate of drug-likeness (QED) is 0.747. The van der Waals surface area contributed by atoms with E-state index in [0.717, 1.165) is 5.76 Å². The van der Waals surface area contributed by atoms with Crippen molar-refractivity contribution in [3.8, 4) is 0 Å². The Morgan fingerprint density at radius 1 is 1.35 bits per heavy atom. The number of nitrogens with two attached hydrogens (primary N) is 2. The summed E-state index contributed by atoms with van der Waals surface area (Å²) in [6.07, 6.45) is 1.58. The van der Waals surface area contributed by atoms with Crippen LogP contribution in [-0.4, -0.2) is 8.42 Å². The lowest BCUT2D eigenvalue weighted by Crippen LogP contribution is -2.16. The van der Waals surface area contributed by atoms with Crippen LogP contribution in [0, 0.1) is 6.92 Å². The lowest BCUT2D eigenvalue weighted by atomic mass is 10.1. The molecular weight excluding hydrogens is 278 g/mol. The predicted octanol–water partition coefficient (Wildman–Crippen LogP) is 1.99. The molecule has 1 aromatic heterocycles. The topological polar surface area (TPSA) is 111 Å². The Balaban J connectivity index is 2.40. The van der Waals surface area contributed by atoms with Crippen LogP contribution in [0.15, 0.2) is 39.8 Å². The van der Waals surface area contributed by atoms with Gasteiger partial charge in [-0.1, -0.05) is 0 Å². The zero-order valence-corrected chi connectivity index (χ0v) is 12.1. The van der Waals surface area contributed by atoms with Crippen molar-refractivity contribution in [2.75, 3.05) is 11.1 Å². The minimum atomic E-state index is -3.81. The van der Waals surface area contributed by atoms with Crippen LogP contribution in [0.25, 0.3) is 0 Å². The number of benzene rings is 1. The Morgan fingerprint density at radius 3 is 2.60 bits per heavy atom. The highest BCUT2D eigenvalue weighted by molar-refractivity contribution is 7.89. The van der Waals surface area contributed by atoms with Gasteiger partial charge in [-0.05, 0) is 43.7 Å². The van der Waals surface area contributed by atoms with Crippen LogP contribution in [0.2, 0.25) is 0 Å². The van der Waals surface area contributed by atoms with Crippen LogP contribution < -0.4 is 16.2 Å². The summed E-state index contributed by atoms with van der Waals surface area (Å²) in [5.41, 5.74) is 7.20. The second kappa shape index (κ2) is 5.18. The van der Waals surface area contributed by atoms with E-state index in [1.807, 2.05) is 13.0 Å². The van der Waals surface area contributed by atoms with Gasteiger partial charge in [-0.25, -0.2) is 13.6 Å². The number of nitrogens with one attached hydrogen (secondary N) is 1. The van der Waals surface area contributed by atoms with Crippen LogP contribution in [0.5, 0.6) is 0 Å². The summed E-state index contributed by atoms with van der Waals surface area (Å²) in [5, 5.41) is 8.36. The van der Waals surface area contributed by atoms with Gasteiger partial charge in [-0.3, -0.25) is 0 Å². The molecule has 2 aromatic rings. The molecule has 0 radical (unpaired) electrons. The summed E-state index contributed by atoms with van der Waals surface area (Å²) in [4.78, 5) is 0.0200. The molecule has 0 aliphatic carbocycles. The van der Waals surface area contributed by atoms with E-state index in [9.17, 15) is 8.42 Å². The van der Waals surface area contributed by atoms with Gasteiger partial charge in [0, 0.05) is 11.4 Å². The molecule has 0 saturated heterocycles. The van der Waals surface area contributed by atoms with E-state index in [1.54, 1.807) is 25.3 Å². The molecule has 1 atom stereocenters. The number of hydrogen-bond donors (Lipinski definition) is 3. The molecule has 0 saturated carbocycles. The molecule has 7 heteroatoms. The van der Waals surface area contributed by atoms with Crippen LogP contribution in [0.3, 0.4) is 0 Å². The van der Waals surface area contributed by atoms with Gasteiger partial charge in [0.2, 0.25) is 10.0 Å². The first-order valence-corrected chi connectivity index (χ1v) is 7.56. The number of hydrogen-bond acceptors (Lipinski definition) is 5. The zero-order valence-electron chi connectivity index (χ0n) is 11.3. The number of anilines is 2. The van der Waals surface area contributed by atoms with E-state index in [1.165, 1.54) is 6.07 Å². The Bertz CT molecular complexity index is 709. The summed E-state index contributed by atoms with van der Waals surface area (Å²) >= 11 is 0. The Morgan fingerprint density at radius 2 is 2.05 bits per heavy atom. The first-order valence-electron chi connectivity index (χ1n) is 6.02. The molecule has 0 fully saturated rings. The van der Waals surface area contributed by atoms with Gasteiger partial charge in [0.25, 0.3) is 0 Å². The van der Waals surface area contributed by atoms with Gasteiger partial charge < -0.3 is 15.5 Å². The molecule has 20 heavy (non-hydrogen) atoms. The largest absolute Gasteiger partial charge is 0.467 e. The van der Waals surface area contributed by atoms with E-state index in [2.05, 4.69) is 5.32 Å². The lowest BCUT2D eigenvalue weighted by Gasteiger charge is -2.17.